The zero-order valence-electron chi connectivity index (χ0n) is 12.3. The highest BCUT2D eigenvalue weighted by atomic mass is 16.5. The topological polar surface area (TPSA) is 72.1 Å². The van der Waals surface area contributed by atoms with E-state index < -0.39 is 0 Å². The van der Waals surface area contributed by atoms with Crippen molar-refractivity contribution in [3.05, 3.63) is 35.9 Å². The first-order valence-electron chi connectivity index (χ1n) is 7.25. The van der Waals surface area contributed by atoms with Crippen molar-refractivity contribution in [1.82, 2.24) is 20.5 Å². The van der Waals surface area contributed by atoms with Crippen LogP contribution in [0, 0.1) is 0 Å². The first-order chi connectivity index (χ1) is 10.2. The van der Waals surface area contributed by atoms with Gasteiger partial charge in [0.05, 0.1) is 19.3 Å². The van der Waals surface area contributed by atoms with Crippen LogP contribution in [0.25, 0.3) is 0 Å². The lowest BCUT2D eigenvalue weighted by molar-refractivity contribution is 0.297. The Bertz CT molecular complexity index is 585. The summed E-state index contributed by atoms with van der Waals surface area (Å²) in [6.07, 6.45) is 2.44. The first kappa shape index (κ1) is 13.9. The quantitative estimate of drug-likeness (QED) is 0.903. The van der Waals surface area contributed by atoms with Crippen LogP contribution in [0.15, 0.2) is 24.5 Å². The zero-order chi connectivity index (χ0) is 14.7. The third-order valence-corrected chi connectivity index (χ3v) is 3.62. The number of aromatic amines is 1. The van der Waals surface area contributed by atoms with Crippen molar-refractivity contribution in [2.45, 2.75) is 32.4 Å². The number of fused-ring (bicyclic) bond motifs is 1. The molecule has 3 rings (SSSR count). The van der Waals surface area contributed by atoms with Crippen LogP contribution in [0.5, 0.6) is 11.5 Å². The number of hydrogen-bond acceptors (Lipinski definition) is 5. The molecular weight excluding hydrogens is 268 g/mol. The van der Waals surface area contributed by atoms with Gasteiger partial charge in [0.15, 0.2) is 11.5 Å². The van der Waals surface area contributed by atoms with Crippen molar-refractivity contribution in [1.29, 1.82) is 0 Å². The summed E-state index contributed by atoms with van der Waals surface area (Å²) >= 11 is 0. The van der Waals surface area contributed by atoms with Crippen LogP contribution in [-0.4, -0.2) is 28.4 Å². The summed E-state index contributed by atoms with van der Waals surface area (Å²) in [5.74, 6) is 2.48. The highest BCUT2D eigenvalue weighted by Gasteiger charge is 2.16. The average Bonchev–Trinajstić information content (AvgIpc) is 2.92. The lowest BCUT2D eigenvalue weighted by atomic mass is 10.1. The molecule has 0 saturated carbocycles. The van der Waals surface area contributed by atoms with Crippen LogP contribution in [0.3, 0.4) is 0 Å². The molecule has 1 aromatic carbocycles. The van der Waals surface area contributed by atoms with Gasteiger partial charge in [0, 0.05) is 12.5 Å². The maximum Gasteiger partial charge on any atom is 0.161 e. The summed E-state index contributed by atoms with van der Waals surface area (Å²) in [5.41, 5.74) is 1.16. The number of aromatic nitrogens is 3. The van der Waals surface area contributed by atoms with Crippen LogP contribution in [0.2, 0.25) is 0 Å². The average molecular weight is 288 g/mol. The molecule has 1 aliphatic rings. The van der Waals surface area contributed by atoms with E-state index in [1.54, 1.807) is 0 Å². The van der Waals surface area contributed by atoms with E-state index in [0.29, 0.717) is 13.2 Å². The smallest absolute Gasteiger partial charge is 0.161 e. The SMILES string of the molecule is CC(NC(C)c1ncn[nH]1)c1ccc2c(c1)OCCCO2. The van der Waals surface area contributed by atoms with Gasteiger partial charge >= 0.3 is 0 Å². The van der Waals surface area contributed by atoms with E-state index in [-0.39, 0.29) is 12.1 Å². The van der Waals surface area contributed by atoms with Crippen LogP contribution >= 0.6 is 0 Å². The minimum atomic E-state index is 0.0958. The summed E-state index contributed by atoms with van der Waals surface area (Å²) in [5, 5.41) is 10.3. The summed E-state index contributed by atoms with van der Waals surface area (Å²) < 4.78 is 11.4. The van der Waals surface area contributed by atoms with E-state index >= 15 is 0 Å². The molecule has 0 fully saturated rings. The Morgan fingerprint density at radius 1 is 1.14 bits per heavy atom. The molecule has 2 atom stereocenters. The fourth-order valence-electron chi connectivity index (χ4n) is 2.42. The minimum Gasteiger partial charge on any atom is -0.490 e. The molecule has 0 bridgehead atoms. The predicted octanol–water partition coefficient (Wildman–Crippen LogP) is 2.38. The minimum absolute atomic E-state index is 0.0958. The van der Waals surface area contributed by atoms with Crippen LogP contribution in [0.4, 0.5) is 0 Å². The van der Waals surface area contributed by atoms with E-state index in [4.69, 9.17) is 9.47 Å². The Labute approximate surface area is 123 Å². The molecule has 2 unspecified atom stereocenters. The van der Waals surface area contributed by atoms with Crippen LogP contribution in [-0.2, 0) is 0 Å². The van der Waals surface area contributed by atoms with Crippen molar-refractivity contribution in [2.75, 3.05) is 13.2 Å². The van der Waals surface area contributed by atoms with Crippen molar-refractivity contribution >= 4 is 0 Å². The lowest BCUT2D eigenvalue weighted by Crippen LogP contribution is -2.23. The largest absolute Gasteiger partial charge is 0.490 e. The number of ether oxygens (including phenoxy) is 2. The third kappa shape index (κ3) is 3.16. The molecule has 1 aliphatic heterocycles. The Kier molecular flexibility index (Phi) is 4.06. The molecule has 6 nitrogen and oxygen atoms in total. The molecule has 6 heteroatoms. The van der Waals surface area contributed by atoms with Crippen LogP contribution in [0.1, 0.15) is 43.7 Å². The van der Waals surface area contributed by atoms with Crippen molar-refractivity contribution in [3.8, 4) is 11.5 Å². The summed E-state index contributed by atoms with van der Waals surface area (Å²) in [7, 11) is 0. The molecular formula is C15H20N4O2. The van der Waals surface area contributed by atoms with Crippen molar-refractivity contribution in [2.24, 2.45) is 0 Å². The van der Waals surface area contributed by atoms with Crippen LogP contribution < -0.4 is 14.8 Å². The van der Waals surface area contributed by atoms with Crippen molar-refractivity contribution < 1.29 is 9.47 Å². The number of nitrogens with one attached hydrogen (secondary N) is 2. The molecule has 0 amide bonds. The standard InChI is InChI=1S/C15H20N4O2/c1-10(18-11(2)15-16-9-17-19-15)12-4-5-13-14(8-12)21-7-3-6-20-13/h4-5,8-11,18H,3,6-7H2,1-2H3,(H,16,17,19). The van der Waals surface area contributed by atoms with Gasteiger partial charge < -0.3 is 14.8 Å². The Morgan fingerprint density at radius 3 is 2.71 bits per heavy atom. The monoisotopic (exact) mass is 288 g/mol. The molecule has 0 radical (unpaired) electrons. The third-order valence-electron chi connectivity index (χ3n) is 3.62. The Balaban J connectivity index is 1.72. The van der Waals surface area contributed by atoms with Gasteiger partial charge in [-0.25, -0.2) is 4.98 Å². The molecule has 0 saturated heterocycles. The van der Waals surface area contributed by atoms with Gasteiger partial charge in [-0.3, -0.25) is 5.10 Å². The van der Waals surface area contributed by atoms with Gasteiger partial charge in [-0.2, -0.15) is 5.10 Å². The molecule has 2 aromatic rings. The van der Waals surface area contributed by atoms with E-state index in [0.717, 1.165) is 29.3 Å². The number of H-pyrrole nitrogens is 1. The summed E-state index contributed by atoms with van der Waals surface area (Å²) in [6.45, 7) is 5.58. The molecule has 112 valence electrons. The second kappa shape index (κ2) is 6.13. The van der Waals surface area contributed by atoms with Gasteiger partial charge in [0.25, 0.3) is 0 Å². The highest BCUT2D eigenvalue weighted by Crippen LogP contribution is 2.32. The fourth-order valence-corrected chi connectivity index (χ4v) is 2.42. The number of hydrogen-bond donors (Lipinski definition) is 2. The maximum atomic E-state index is 5.74. The second-order valence-corrected chi connectivity index (χ2v) is 5.24. The van der Waals surface area contributed by atoms with Gasteiger partial charge in [0.2, 0.25) is 0 Å². The van der Waals surface area contributed by atoms with Gasteiger partial charge in [-0.05, 0) is 31.5 Å². The molecule has 0 spiro atoms. The van der Waals surface area contributed by atoms with Gasteiger partial charge in [-0.1, -0.05) is 6.07 Å². The van der Waals surface area contributed by atoms with E-state index in [1.165, 1.54) is 6.33 Å². The predicted molar refractivity (Wildman–Crippen MR) is 78.4 cm³/mol. The van der Waals surface area contributed by atoms with Gasteiger partial charge in [0.1, 0.15) is 12.2 Å². The number of benzene rings is 1. The summed E-state index contributed by atoms with van der Waals surface area (Å²) in [4.78, 5) is 4.17. The molecule has 2 N–H and O–H groups in total. The van der Waals surface area contributed by atoms with E-state index in [9.17, 15) is 0 Å². The lowest BCUT2D eigenvalue weighted by Gasteiger charge is -2.19. The molecule has 1 aromatic heterocycles. The highest BCUT2D eigenvalue weighted by molar-refractivity contribution is 5.44. The molecule has 2 heterocycles. The normalized spacial score (nSPS) is 17.0. The van der Waals surface area contributed by atoms with Crippen molar-refractivity contribution in [3.63, 3.8) is 0 Å². The Hall–Kier alpha value is -2.08. The number of nitrogens with zero attached hydrogens (tertiary/aromatic N) is 2. The van der Waals surface area contributed by atoms with Gasteiger partial charge in [-0.15, -0.1) is 0 Å². The maximum absolute atomic E-state index is 5.74. The Morgan fingerprint density at radius 2 is 1.95 bits per heavy atom. The second-order valence-electron chi connectivity index (χ2n) is 5.24. The molecule has 21 heavy (non-hydrogen) atoms. The van der Waals surface area contributed by atoms with E-state index in [2.05, 4.69) is 40.4 Å². The fraction of sp³-hybridized carbons (Fsp3) is 0.467. The summed E-state index contributed by atoms with van der Waals surface area (Å²) in [6, 6.07) is 6.36. The number of rotatable bonds is 4. The van der Waals surface area contributed by atoms with E-state index in [1.807, 2.05) is 12.1 Å². The zero-order valence-corrected chi connectivity index (χ0v) is 12.3. The molecule has 0 aliphatic carbocycles. The first-order valence-corrected chi connectivity index (χ1v) is 7.25.